The summed E-state index contributed by atoms with van der Waals surface area (Å²) in [5, 5.41) is 7.39. The van der Waals surface area contributed by atoms with Gasteiger partial charge in [0.05, 0.1) is 5.52 Å². The second-order valence-electron chi connectivity index (χ2n) is 6.68. The molecular weight excluding hydrogens is 334 g/mol. The summed E-state index contributed by atoms with van der Waals surface area (Å²) < 4.78 is 26.9. The summed E-state index contributed by atoms with van der Waals surface area (Å²) >= 11 is 0. The first-order chi connectivity index (χ1) is 12.7. The first-order valence-electron chi connectivity index (χ1n) is 8.94. The Kier molecular flexibility index (Phi) is 4.65. The molecule has 0 radical (unpaired) electrons. The Morgan fingerprint density at radius 2 is 1.62 bits per heavy atom. The summed E-state index contributed by atoms with van der Waals surface area (Å²) in [5.74, 6) is -0.225. The monoisotopic (exact) mass is 354 g/mol. The molecule has 0 unspecified atom stereocenters. The summed E-state index contributed by atoms with van der Waals surface area (Å²) in [7, 11) is 0. The molecule has 0 bridgehead atoms. The van der Waals surface area contributed by atoms with E-state index in [1.54, 1.807) is 0 Å². The van der Waals surface area contributed by atoms with Gasteiger partial charge in [0.1, 0.15) is 17.5 Å². The highest BCUT2D eigenvalue weighted by Crippen LogP contribution is 2.27. The third-order valence-corrected chi connectivity index (χ3v) is 4.67. The molecule has 0 spiro atoms. The van der Waals surface area contributed by atoms with Gasteiger partial charge in [-0.3, -0.25) is 0 Å². The topological polar surface area (TPSA) is 49.8 Å². The molecule has 1 aliphatic rings. The molecule has 1 saturated carbocycles. The smallest absolute Gasteiger partial charge is 0.229 e. The molecule has 1 heterocycles. The standard InChI is InChI=1S/C20H20F2N4/c21-13-10-14(22)12-16(11-13)24-20-25-18-9-5-4-8-17(18)19(26-20)23-15-6-2-1-3-7-15/h4-5,8-12,15H,1-3,6-7H2,(H2,23,24,25,26). The van der Waals surface area contributed by atoms with Crippen LogP contribution in [0.3, 0.4) is 0 Å². The molecule has 2 aromatic carbocycles. The van der Waals surface area contributed by atoms with Crippen LogP contribution >= 0.6 is 0 Å². The van der Waals surface area contributed by atoms with Crippen molar-refractivity contribution in [3.63, 3.8) is 0 Å². The SMILES string of the molecule is Fc1cc(F)cc(Nc2nc(NC3CCCCC3)c3ccccc3n2)c1. The number of para-hydroxylation sites is 1. The predicted octanol–water partition coefficient (Wildman–Crippen LogP) is 5.40. The number of aromatic nitrogens is 2. The van der Waals surface area contributed by atoms with Crippen LogP contribution in [0, 0.1) is 11.6 Å². The van der Waals surface area contributed by atoms with E-state index in [9.17, 15) is 8.78 Å². The van der Waals surface area contributed by atoms with Crippen molar-refractivity contribution in [1.29, 1.82) is 0 Å². The Labute approximate surface area is 150 Å². The summed E-state index contributed by atoms with van der Waals surface area (Å²) in [6, 6.07) is 11.4. The highest BCUT2D eigenvalue weighted by molar-refractivity contribution is 5.90. The minimum Gasteiger partial charge on any atom is -0.367 e. The Bertz CT molecular complexity index is 903. The van der Waals surface area contributed by atoms with E-state index in [2.05, 4.69) is 20.6 Å². The van der Waals surface area contributed by atoms with Crippen LogP contribution in [0.2, 0.25) is 0 Å². The molecule has 134 valence electrons. The lowest BCUT2D eigenvalue weighted by Gasteiger charge is -2.24. The molecule has 1 fully saturated rings. The lowest BCUT2D eigenvalue weighted by molar-refractivity contribution is 0.462. The molecule has 26 heavy (non-hydrogen) atoms. The van der Waals surface area contributed by atoms with Gasteiger partial charge in [-0.1, -0.05) is 31.4 Å². The minimum atomic E-state index is -0.645. The highest BCUT2D eigenvalue weighted by Gasteiger charge is 2.16. The van der Waals surface area contributed by atoms with Gasteiger partial charge >= 0.3 is 0 Å². The van der Waals surface area contributed by atoms with Gasteiger partial charge in [-0.15, -0.1) is 0 Å². The van der Waals surface area contributed by atoms with Crippen LogP contribution in [0.15, 0.2) is 42.5 Å². The number of benzene rings is 2. The lowest BCUT2D eigenvalue weighted by Crippen LogP contribution is -2.23. The first-order valence-corrected chi connectivity index (χ1v) is 8.94. The molecule has 4 rings (SSSR count). The predicted molar refractivity (Wildman–Crippen MR) is 99.7 cm³/mol. The molecule has 2 N–H and O–H groups in total. The maximum absolute atomic E-state index is 13.4. The molecule has 0 amide bonds. The molecule has 6 heteroatoms. The van der Waals surface area contributed by atoms with Gasteiger partial charge in [0.2, 0.25) is 5.95 Å². The van der Waals surface area contributed by atoms with Crippen LogP contribution in [-0.4, -0.2) is 16.0 Å². The second-order valence-corrected chi connectivity index (χ2v) is 6.68. The number of nitrogens with zero attached hydrogens (tertiary/aromatic N) is 2. The zero-order valence-corrected chi connectivity index (χ0v) is 14.3. The normalized spacial score (nSPS) is 15.2. The van der Waals surface area contributed by atoms with E-state index in [4.69, 9.17) is 0 Å². The summed E-state index contributed by atoms with van der Waals surface area (Å²) in [5.41, 5.74) is 1.06. The molecule has 1 aliphatic carbocycles. The van der Waals surface area contributed by atoms with Crippen molar-refractivity contribution in [2.45, 2.75) is 38.1 Å². The minimum absolute atomic E-state index is 0.279. The van der Waals surface area contributed by atoms with Crippen LogP contribution in [0.4, 0.5) is 26.2 Å². The van der Waals surface area contributed by atoms with E-state index in [-0.39, 0.29) is 5.69 Å². The summed E-state index contributed by atoms with van der Waals surface area (Å²) in [6.07, 6.45) is 5.95. The number of nitrogens with one attached hydrogen (secondary N) is 2. The van der Waals surface area contributed by atoms with Crippen molar-refractivity contribution in [3.8, 4) is 0 Å². The van der Waals surface area contributed by atoms with Crippen LogP contribution in [0.5, 0.6) is 0 Å². The van der Waals surface area contributed by atoms with Crippen LogP contribution in [0.1, 0.15) is 32.1 Å². The van der Waals surface area contributed by atoms with E-state index in [0.717, 1.165) is 35.6 Å². The largest absolute Gasteiger partial charge is 0.367 e. The molecule has 0 atom stereocenters. The zero-order valence-electron chi connectivity index (χ0n) is 14.3. The Morgan fingerprint density at radius 1 is 0.885 bits per heavy atom. The molecule has 0 aliphatic heterocycles. The average molecular weight is 354 g/mol. The molecule has 0 saturated heterocycles. The Morgan fingerprint density at radius 3 is 2.38 bits per heavy atom. The van der Waals surface area contributed by atoms with Gasteiger partial charge in [0.25, 0.3) is 0 Å². The number of hydrogen-bond donors (Lipinski definition) is 2. The van der Waals surface area contributed by atoms with E-state index in [1.165, 1.54) is 31.4 Å². The van der Waals surface area contributed by atoms with Gasteiger partial charge in [0.15, 0.2) is 0 Å². The summed E-state index contributed by atoms with van der Waals surface area (Å²) in [6.45, 7) is 0. The van der Waals surface area contributed by atoms with Gasteiger partial charge < -0.3 is 10.6 Å². The third-order valence-electron chi connectivity index (χ3n) is 4.67. The van der Waals surface area contributed by atoms with E-state index in [0.29, 0.717) is 12.0 Å². The molecule has 4 nitrogen and oxygen atoms in total. The van der Waals surface area contributed by atoms with Crippen molar-refractivity contribution in [2.24, 2.45) is 0 Å². The third kappa shape index (κ3) is 3.74. The molecule has 3 aromatic rings. The first kappa shape index (κ1) is 16.7. The van der Waals surface area contributed by atoms with Crippen LogP contribution < -0.4 is 10.6 Å². The quantitative estimate of drug-likeness (QED) is 0.659. The number of hydrogen-bond acceptors (Lipinski definition) is 4. The van der Waals surface area contributed by atoms with Crippen molar-refractivity contribution < 1.29 is 8.78 Å². The van der Waals surface area contributed by atoms with Crippen LogP contribution in [-0.2, 0) is 0 Å². The fourth-order valence-electron chi connectivity index (χ4n) is 3.44. The van der Waals surface area contributed by atoms with Crippen molar-refractivity contribution in [2.75, 3.05) is 10.6 Å². The van der Waals surface area contributed by atoms with E-state index >= 15 is 0 Å². The fourth-order valence-corrected chi connectivity index (χ4v) is 3.44. The van der Waals surface area contributed by atoms with Gasteiger partial charge in [0, 0.05) is 23.2 Å². The van der Waals surface area contributed by atoms with Gasteiger partial charge in [-0.05, 0) is 37.1 Å². The average Bonchev–Trinajstić information content (AvgIpc) is 2.62. The maximum atomic E-state index is 13.4. The number of fused-ring (bicyclic) bond motifs is 1. The van der Waals surface area contributed by atoms with E-state index < -0.39 is 11.6 Å². The number of halogens is 2. The Hall–Kier alpha value is -2.76. The van der Waals surface area contributed by atoms with Gasteiger partial charge in [-0.2, -0.15) is 4.98 Å². The second kappa shape index (κ2) is 7.23. The number of rotatable bonds is 4. The fraction of sp³-hybridized carbons (Fsp3) is 0.300. The molecule has 1 aromatic heterocycles. The Balaban J connectivity index is 1.68. The lowest BCUT2D eigenvalue weighted by atomic mass is 9.95. The van der Waals surface area contributed by atoms with Crippen molar-refractivity contribution in [3.05, 3.63) is 54.1 Å². The maximum Gasteiger partial charge on any atom is 0.229 e. The zero-order chi connectivity index (χ0) is 17.9. The van der Waals surface area contributed by atoms with Crippen LogP contribution in [0.25, 0.3) is 10.9 Å². The summed E-state index contributed by atoms with van der Waals surface area (Å²) in [4.78, 5) is 9.05. The molecular formula is C20H20F2N4. The van der Waals surface area contributed by atoms with Gasteiger partial charge in [-0.25, -0.2) is 13.8 Å². The van der Waals surface area contributed by atoms with Crippen molar-refractivity contribution in [1.82, 2.24) is 9.97 Å². The highest BCUT2D eigenvalue weighted by atomic mass is 19.1. The number of anilines is 3. The van der Waals surface area contributed by atoms with E-state index in [1.807, 2.05) is 24.3 Å². The van der Waals surface area contributed by atoms with Crippen molar-refractivity contribution >= 4 is 28.4 Å².